The molecule has 3 nitrogen and oxygen atoms in total. The van der Waals surface area contributed by atoms with Gasteiger partial charge in [0, 0.05) is 17.5 Å². The number of ether oxygens (including phenoxy) is 1. The van der Waals surface area contributed by atoms with Crippen LogP contribution >= 0.6 is 0 Å². The average molecular weight is 324 g/mol. The number of allylic oxidation sites excluding steroid dienone is 3. The first-order chi connectivity index (χ1) is 11.7. The molecule has 0 spiro atoms. The molecular formula is C21H28N2O. The number of nitrogens with zero attached hydrogens (tertiary/aromatic N) is 1. The van der Waals surface area contributed by atoms with Crippen LogP contribution < -0.4 is 5.73 Å². The summed E-state index contributed by atoms with van der Waals surface area (Å²) in [5.74, 6) is 1.29. The van der Waals surface area contributed by atoms with E-state index in [9.17, 15) is 0 Å². The second-order valence-corrected chi connectivity index (χ2v) is 6.23. The number of nitrogen functional groups attached to an aromatic ring is 1. The summed E-state index contributed by atoms with van der Waals surface area (Å²) in [4.78, 5) is 4.48. The number of nitrogens with two attached hydrogens (primary N) is 1. The minimum atomic E-state index is 0.629. The van der Waals surface area contributed by atoms with Gasteiger partial charge in [0.2, 0.25) is 5.88 Å². The van der Waals surface area contributed by atoms with Gasteiger partial charge in [-0.1, -0.05) is 50.1 Å². The van der Waals surface area contributed by atoms with E-state index in [1.54, 1.807) is 12.3 Å². The lowest BCUT2D eigenvalue weighted by Crippen LogP contribution is -2.13. The lowest BCUT2D eigenvalue weighted by molar-refractivity contribution is 0.142. The summed E-state index contributed by atoms with van der Waals surface area (Å²) in [6.45, 7) is 8.30. The minimum absolute atomic E-state index is 0.629. The van der Waals surface area contributed by atoms with Gasteiger partial charge >= 0.3 is 0 Å². The average Bonchev–Trinajstić information content (AvgIpc) is 2.62. The van der Waals surface area contributed by atoms with Crippen LogP contribution in [0.1, 0.15) is 44.1 Å². The predicted octanol–water partition coefficient (Wildman–Crippen LogP) is 5.37. The van der Waals surface area contributed by atoms with Gasteiger partial charge in [0.15, 0.2) is 0 Å². The first-order valence-corrected chi connectivity index (χ1v) is 8.72. The molecule has 1 aromatic carbocycles. The quantitative estimate of drug-likeness (QED) is 0.302. The summed E-state index contributed by atoms with van der Waals surface area (Å²) in [6.07, 6.45) is 12.4. The summed E-state index contributed by atoms with van der Waals surface area (Å²) in [7, 11) is 0. The second kappa shape index (κ2) is 9.76. The van der Waals surface area contributed by atoms with Crippen LogP contribution in [0.2, 0.25) is 0 Å². The maximum absolute atomic E-state index is 6.14. The van der Waals surface area contributed by atoms with E-state index in [0.29, 0.717) is 18.2 Å². The maximum atomic E-state index is 6.14. The van der Waals surface area contributed by atoms with E-state index in [-0.39, 0.29) is 0 Å². The van der Waals surface area contributed by atoms with Gasteiger partial charge in [-0.05, 0) is 42.9 Å². The first kappa shape index (κ1) is 18.1. The van der Waals surface area contributed by atoms with Crippen molar-refractivity contribution in [2.75, 3.05) is 12.3 Å². The van der Waals surface area contributed by atoms with Crippen molar-refractivity contribution in [2.45, 2.75) is 38.5 Å². The van der Waals surface area contributed by atoms with Gasteiger partial charge in [0.25, 0.3) is 0 Å². The lowest BCUT2D eigenvalue weighted by Gasteiger charge is -2.22. The lowest BCUT2D eigenvalue weighted by atomic mass is 9.90. The van der Waals surface area contributed by atoms with E-state index in [4.69, 9.17) is 10.5 Å². The van der Waals surface area contributed by atoms with Crippen molar-refractivity contribution in [3.63, 3.8) is 0 Å². The Morgan fingerprint density at radius 1 is 1.17 bits per heavy atom. The number of hydrogen-bond acceptors (Lipinski definition) is 3. The van der Waals surface area contributed by atoms with Gasteiger partial charge in [0.05, 0.1) is 6.61 Å². The van der Waals surface area contributed by atoms with Crippen LogP contribution in [0.25, 0.3) is 5.57 Å². The fourth-order valence-electron chi connectivity index (χ4n) is 3.03. The van der Waals surface area contributed by atoms with E-state index in [1.165, 1.54) is 32.1 Å². The Bertz CT molecular complexity index is 593. The number of rotatable bonds is 8. The molecule has 1 fully saturated rings. The van der Waals surface area contributed by atoms with Crippen molar-refractivity contribution in [1.29, 1.82) is 0 Å². The number of aliphatic imine (C=N–C) groups is 1. The van der Waals surface area contributed by atoms with Gasteiger partial charge in [0.1, 0.15) is 0 Å². The predicted molar refractivity (Wildman–Crippen MR) is 104 cm³/mol. The van der Waals surface area contributed by atoms with Crippen LogP contribution in [0, 0.1) is 5.92 Å². The molecule has 0 bridgehead atoms. The second-order valence-electron chi connectivity index (χ2n) is 6.23. The van der Waals surface area contributed by atoms with E-state index >= 15 is 0 Å². The third-order valence-electron chi connectivity index (χ3n) is 4.34. The summed E-state index contributed by atoms with van der Waals surface area (Å²) < 4.78 is 6.14. The molecule has 0 unspecified atom stereocenters. The zero-order valence-corrected chi connectivity index (χ0v) is 14.4. The van der Waals surface area contributed by atoms with Crippen molar-refractivity contribution in [3.05, 3.63) is 61.0 Å². The van der Waals surface area contributed by atoms with E-state index in [1.807, 2.05) is 30.3 Å². The third-order valence-corrected chi connectivity index (χ3v) is 4.34. The van der Waals surface area contributed by atoms with Crippen molar-refractivity contribution in [3.8, 4) is 0 Å². The molecule has 1 aliphatic carbocycles. The highest BCUT2D eigenvalue weighted by Crippen LogP contribution is 2.28. The van der Waals surface area contributed by atoms with Crippen LogP contribution in [0.5, 0.6) is 0 Å². The molecule has 0 heterocycles. The Morgan fingerprint density at radius 2 is 1.88 bits per heavy atom. The molecule has 2 N–H and O–H groups in total. The Morgan fingerprint density at radius 3 is 2.50 bits per heavy atom. The SMILES string of the molecule is C=CC=N/C(OCC1CCCCC1)=C(\CC=C)c1ccc(N)cc1. The van der Waals surface area contributed by atoms with Gasteiger partial charge in [-0.3, -0.25) is 0 Å². The van der Waals surface area contributed by atoms with E-state index in [2.05, 4.69) is 18.2 Å². The Hall–Kier alpha value is -2.29. The molecule has 0 aliphatic heterocycles. The fraction of sp³-hybridized carbons (Fsp3) is 0.381. The molecule has 0 atom stereocenters. The minimum Gasteiger partial charge on any atom is -0.477 e. The highest BCUT2D eigenvalue weighted by molar-refractivity contribution is 5.75. The highest BCUT2D eigenvalue weighted by Gasteiger charge is 2.16. The van der Waals surface area contributed by atoms with Crippen molar-refractivity contribution in [2.24, 2.45) is 10.9 Å². The molecule has 0 radical (unpaired) electrons. The molecule has 128 valence electrons. The molecule has 1 aromatic rings. The normalized spacial score (nSPS) is 16.7. The largest absolute Gasteiger partial charge is 0.477 e. The number of hydrogen-bond donors (Lipinski definition) is 1. The van der Waals surface area contributed by atoms with Crippen LogP contribution in [-0.2, 0) is 4.74 Å². The van der Waals surface area contributed by atoms with Crippen molar-refractivity contribution < 1.29 is 4.74 Å². The summed E-state index contributed by atoms with van der Waals surface area (Å²) >= 11 is 0. The van der Waals surface area contributed by atoms with Crippen LogP contribution in [0.4, 0.5) is 5.69 Å². The molecule has 0 amide bonds. The fourth-order valence-corrected chi connectivity index (χ4v) is 3.03. The third kappa shape index (κ3) is 5.41. The molecule has 3 heteroatoms. The van der Waals surface area contributed by atoms with E-state index < -0.39 is 0 Å². The smallest absolute Gasteiger partial charge is 0.217 e. The molecule has 2 rings (SSSR count). The molecule has 1 saturated carbocycles. The Balaban J connectivity index is 2.25. The standard InChI is InChI=1S/C21H28N2O/c1-3-8-20(18-11-13-19(22)14-12-18)21(23-15-4-2)24-16-17-9-6-5-7-10-17/h3-4,11-15,17H,1-2,5-10,16,22H2/b21-20-,23-15?. The Kier molecular flexibility index (Phi) is 7.34. The Labute approximate surface area is 145 Å². The van der Waals surface area contributed by atoms with Crippen molar-refractivity contribution >= 4 is 17.5 Å². The van der Waals surface area contributed by atoms with Gasteiger partial charge in [-0.2, -0.15) is 0 Å². The zero-order valence-electron chi connectivity index (χ0n) is 14.4. The maximum Gasteiger partial charge on any atom is 0.217 e. The van der Waals surface area contributed by atoms with Gasteiger partial charge in [-0.25, -0.2) is 4.99 Å². The van der Waals surface area contributed by atoms with Gasteiger partial charge < -0.3 is 10.5 Å². The monoisotopic (exact) mass is 324 g/mol. The summed E-state index contributed by atoms with van der Waals surface area (Å²) in [6, 6.07) is 7.80. The molecular weight excluding hydrogens is 296 g/mol. The van der Waals surface area contributed by atoms with E-state index in [0.717, 1.165) is 23.4 Å². The zero-order chi connectivity index (χ0) is 17.2. The molecule has 1 aliphatic rings. The topological polar surface area (TPSA) is 47.6 Å². The first-order valence-electron chi connectivity index (χ1n) is 8.72. The van der Waals surface area contributed by atoms with Crippen LogP contribution in [-0.4, -0.2) is 12.8 Å². The summed E-state index contributed by atoms with van der Waals surface area (Å²) in [5, 5.41) is 0. The molecule has 0 aromatic heterocycles. The van der Waals surface area contributed by atoms with Crippen LogP contribution in [0.3, 0.4) is 0 Å². The molecule has 24 heavy (non-hydrogen) atoms. The number of anilines is 1. The summed E-state index contributed by atoms with van der Waals surface area (Å²) in [5.41, 5.74) is 8.64. The van der Waals surface area contributed by atoms with Crippen molar-refractivity contribution in [1.82, 2.24) is 0 Å². The highest BCUT2D eigenvalue weighted by atomic mass is 16.5. The number of benzene rings is 1. The van der Waals surface area contributed by atoms with Gasteiger partial charge in [-0.15, -0.1) is 6.58 Å². The van der Waals surface area contributed by atoms with Crippen LogP contribution in [0.15, 0.2) is 60.5 Å². The molecule has 0 saturated heterocycles.